The number of para-hydroxylation sites is 2. The molecule has 0 atom stereocenters. The molecule has 4 nitrogen and oxygen atoms in total. The highest BCUT2D eigenvalue weighted by molar-refractivity contribution is 8.03. The number of benzene rings is 2. The second-order valence-corrected chi connectivity index (χ2v) is 9.28. The average Bonchev–Trinajstić information content (AvgIpc) is 3.38. The maximum Gasteiger partial charge on any atom is 0.425 e. The third-order valence-corrected chi connectivity index (χ3v) is 6.87. The van der Waals surface area contributed by atoms with Crippen molar-refractivity contribution in [3.63, 3.8) is 0 Å². The molecule has 0 unspecified atom stereocenters. The smallest absolute Gasteiger partial charge is 0.425 e. The monoisotopic (exact) mass is 421 g/mol. The number of pyridine rings is 1. The summed E-state index contributed by atoms with van der Waals surface area (Å²) >= 11 is 1.72. The van der Waals surface area contributed by atoms with Gasteiger partial charge in [0, 0.05) is 16.8 Å². The van der Waals surface area contributed by atoms with E-state index >= 15 is 0 Å². The van der Waals surface area contributed by atoms with Gasteiger partial charge in [-0.1, -0.05) is 36.5 Å². The van der Waals surface area contributed by atoms with E-state index in [4.69, 9.17) is 9.40 Å². The lowest BCUT2D eigenvalue weighted by Crippen LogP contribution is -2.55. The molecule has 2 aliphatic rings. The van der Waals surface area contributed by atoms with Crippen molar-refractivity contribution < 1.29 is 4.42 Å². The fourth-order valence-electron chi connectivity index (χ4n) is 4.63. The zero-order valence-electron chi connectivity index (χ0n) is 17.4. The van der Waals surface area contributed by atoms with Gasteiger partial charge >= 0.3 is 6.98 Å². The highest BCUT2D eigenvalue weighted by atomic mass is 32.2. The van der Waals surface area contributed by atoms with Gasteiger partial charge in [-0.05, 0) is 72.2 Å². The van der Waals surface area contributed by atoms with Crippen LogP contribution < -0.4 is 15.1 Å². The van der Waals surface area contributed by atoms with Crippen LogP contribution >= 0.6 is 11.8 Å². The van der Waals surface area contributed by atoms with Crippen LogP contribution in [0.2, 0.25) is 0 Å². The molecule has 4 aromatic rings. The predicted octanol–water partition coefficient (Wildman–Crippen LogP) is 6.27. The summed E-state index contributed by atoms with van der Waals surface area (Å²) < 4.78 is 6.00. The van der Waals surface area contributed by atoms with Crippen LogP contribution in [0.1, 0.15) is 12.5 Å². The molecular formula is C25H20BN3OS. The largest absolute Gasteiger partial charge is 0.449 e. The van der Waals surface area contributed by atoms with Crippen molar-refractivity contribution in [3.05, 3.63) is 90.2 Å². The molecule has 0 spiro atoms. The van der Waals surface area contributed by atoms with E-state index in [1.807, 2.05) is 25.3 Å². The Hall–Kier alpha value is -3.38. The summed E-state index contributed by atoms with van der Waals surface area (Å²) in [5.74, 6) is 0.845. The highest BCUT2D eigenvalue weighted by Crippen LogP contribution is 2.51. The Labute approximate surface area is 186 Å². The van der Waals surface area contributed by atoms with Gasteiger partial charge in [-0.3, -0.25) is 4.98 Å². The standard InChI is InChI=1S/C25H20BN3OS/c1-16(2)31-23-11-10-18(15-17(23)3)28-21-8-4-5-9-22(21)29-25-19(12-14-30-25)24-20(26(28)29)7-6-13-27-24/h4-15H,1H2,2-3H3. The molecule has 4 heterocycles. The van der Waals surface area contributed by atoms with Crippen LogP contribution in [-0.2, 0) is 0 Å². The molecule has 0 amide bonds. The number of rotatable bonds is 3. The van der Waals surface area contributed by atoms with Gasteiger partial charge in [-0.15, -0.1) is 0 Å². The molecule has 0 saturated carbocycles. The van der Waals surface area contributed by atoms with E-state index in [0.29, 0.717) is 0 Å². The molecule has 0 radical (unpaired) electrons. The summed E-state index contributed by atoms with van der Waals surface area (Å²) in [6, 6.07) is 21.4. The summed E-state index contributed by atoms with van der Waals surface area (Å²) in [6.45, 7) is 8.19. The Bertz CT molecular complexity index is 1350. The molecule has 31 heavy (non-hydrogen) atoms. The molecule has 6 rings (SSSR count). The van der Waals surface area contributed by atoms with E-state index in [2.05, 4.69) is 71.7 Å². The topological polar surface area (TPSA) is 32.5 Å². The zero-order chi connectivity index (χ0) is 21.1. The quantitative estimate of drug-likeness (QED) is 0.287. The minimum atomic E-state index is -0.0567. The van der Waals surface area contributed by atoms with Gasteiger partial charge in [0.05, 0.1) is 28.9 Å². The van der Waals surface area contributed by atoms with Gasteiger partial charge in [-0.2, -0.15) is 0 Å². The lowest BCUT2D eigenvalue weighted by molar-refractivity contribution is 0.577. The number of allylic oxidation sites excluding steroid dienone is 1. The van der Waals surface area contributed by atoms with Gasteiger partial charge in [0.25, 0.3) is 0 Å². The van der Waals surface area contributed by atoms with Crippen molar-refractivity contribution in [2.45, 2.75) is 18.7 Å². The van der Waals surface area contributed by atoms with E-state index in [9.17, 15) is 0 Å². The van der Waals surface area contributed by atoms with Crippen LogP contribution in [0.25, 0.3) is 11.3 Å². The Balaban J connectivity index is 1.57. The summed E-state index contributed by atoms with van der Waals surface area (Å²) in [5.41, 5.74) is 7.87. The molecule has 0 saturated heterocycles. The predicted molar refractivity (Wildman–Crippen MR) is 130 cm³/mol. The van der Waals surface area contributed by atoms with Crippen molar-refractivity contribution in [1.82, 2.24) is 4.98 Å². The fraction of sp³-hybridized carbons (Fsp3) is 0.0800. The number of furan rings is 1. The third kappa shape index (κ3) is 2.68. The van der Waals surface area contributed by atoms with Crippen molar-refractivity contribution in [2.75, 3.05) is 9.62 Å². The molecule has 6 heteroatoms. The van der Waals surface area contributed by atoms with Crippen molar-refractivity contribution >= 4 is 47.2 Å². The highest BCUT2D eigenvalue weighted by Gasteiger charge is 2.49. The number of aryl methyl sites for hydroxylation is 1. The molecule has 0 fully saturated rings. The maximum absolute atomic E-state index is 6.00. The summed E-state index contributed by atoms with van der Waals surface area (Å²) in [5, 5.41) is 0. The number of thioether (sulfide) groups is 1. The Morgan fingerprint density at radius 3 is 2.61 bits per heavy atom. The third-order valence-electron chi connectivity index (χ3n) is 5.85. The number of aromatic nitrogens is 1. The normalized spacial score (nSPS) is 13.5. The van der Waals surface area contributed by atoms with Gasteiger partial charge in [-0.25, -0.2) is 0 Å². The van der Waals surface area contributed by atoms with Gasteiger partial charge in [0.2, 0.25) is 0 Å². The van der Waals surface area contributed by atoms with Gasteiger partial charge in [0.15, 0.2) is 5.88 Å². The van der Waals surface area contributed by atoms with Crippen molar-refractivity contribution in [2.24, 2.45) is 0 Å². The second-order valence-electron chi connectivity index (χ2n) is 7.94. The van der Waals surface area contributed by atoms with Crippen LogP contribution in [0, 0.1) is 6.92 Å². The first kappa shape index (κ1) is 18.4. The van der Waals surface area contributed by atoms with Crippen LogP contribution in [0.4, 0.5) is 22.9 Å². The molecule has 0 aliphatic carbocycles. The summed E-state index contributed by atoms with van der Waals surface area (Å²) in [7, 11) is 0. The summed E-state index contributed by atoms with van der Waals surface area (Å²) in [4.78, 5) is 11.7. The van der Waals surface area contributed by atoms with E-state index in [1.165, 1.54) is 15.9 Å². The minimum absolute atomic E-state index is 0.0567. The number of hydrogen-bond donors (Lipinski definition) is 0. The molecule has 2 aliphatic heterocycles. The maximum atomic E-state index is 6.00. The van der Waals surface area contributed by atoms with Crippen molar-refractivity contribution in [1.29, 1.82) is 0 Å². The Morgan fingerprint density at radius 1 is 1.03 bits per heavy atom. The van der Waals surface area contributed by atoms with Gasteiger partial charge < -0.3 is 14.0 Å². The lowest BCUT2D eigenvalue weighted by atomic mass is 9.61. The lowest BCUT2D eigenvalue weighted by Gasteiger charge is -2.33. The van der Waals surface area contributed by atoms with Crippen LogP contribution in [0.15, 0.2) is 93.9 Å². The zero-order valence-corrected chi connectivity index (χ0v) is 18.2. The minimum Gasteiger partial charge on any atom is -0.449 e. The average molecular weight is 421 g/mol. The first-order chi connectivity index (χ1) is 15.1. The molecule has 0 N–H and O–H groups in total. The Morgan fingerprint density at radius 2 is 1.84 bits per heavy atom. The molecule has 150 valence electrons. The van der Waals surface area contributed by atoms with E-state index in [1.54, 1.807) is 18.0 Å². The summed E-state index contributed by atoms with van der Waals surface area (Å²) in [6.07, 6.45) is 3.61. The van der Waals surface area contributed by atoms with Crippen molar-refractivity contribution in [3.8, 4) is 11.3 Å². The fourth-order valence-corrected chi connectivity index (χ4v) is 5.37. The molecule has 0 bridgehead atoms. The molecular weight excluding hydrogens is 401 g/mol. The van der Waals surface area contributed by atoms with Gasteiger partial charge in [0.1, 0.15) is 0 Å². The second kappa shape index (κ2) is 6.82. The first-order valence-electron chi connectivity index (χ1n) is 10.3. The molecule has 2 aromatic carbocycles. The van der Waals surface area contributed by atoms with Crippen LogP contribution in [-0.4, -0.2) is 12.0 Å². The SMILES string of the molecule is C=C(C)Sc1ccc(N2B3c4cccnc4-c4ccoc4N3c3ccccc32)cc1C. The number of anilines is 4. The number of fused-ring (bicyclic) bond motifs is 8. The first-order valence-corrected chi connectivity index (χ1v) is 11.1. The van der Waals surface area contributed by atoms with Crippen LogP contribution in [0.3, 0.4) is 0 Å². The Kier molecular flexibility index (Phi) is 4.05. The number of hydrogen-bond acceptors (Lipinski definition) is 5. The van der Waals surface area contributed by atoms with E-state index in [-0.39, 0.29) is 6.98 Å². The molecule has 2 aromatic heterocycles. The van der Waals surface area contributed by atoms with E-state index < -0.39 is 0 Å². The number of nitrogens with zero attached hydrogens (tertiary/aromatic N) is 3. The van der Waals surface area contributed by atoms with Crippen LogP contribution in [0.5, 0.6) is 0 Å². The van der Waals surface area contributed by atoms with E-state index in [0.717, 1.165) is 39.1 Å².